The van der Waals surface area contributed by atoms with Crippen LogP contribution in [-0.2, 0) is 0 Å². The Kier molecular flexibility index (Phi) is 5.34. The van der Waals surface area contributed by atoms with Gasteiger partial charge in [-0.15, -0.1) is 0 Å². The molecule has 0 spiro atoms. The molecule has 2 rings (SSSR count). The summed E-state index contributed by atoms with van der Waals surface area (Å²) in [6.45, 7) is 5.77. The van der Waals surface area contributed by atoms with Gasteiger partial charge in [-0.25, -0.2) is 0 Å². The van der Waals surface area contributed by atoms with E-state index in [0.29, 0.717) is 0 Å². The summed E-state index contributed by atoms with van der Waals surface area (Å²) in [4.78, 5) is 0. The summed E-state index contributed by atoms with van der Waals surface area (Å²) in [7, 11) is 0. The van der Waals surface area contributed by atoms with E-state index < -0.39 is 0 Å². The van der Waals surface area contributed by atoms with Crippen LogP contribution < -0.4 is 5.32 Å². The topological polar surface area (TPSA) is 12.0 Å². The molecule has 0 aromatic rings. The normalized spacial score (nSPS) is 31.4. The number of hydrogen-bond acceptors (Lipinski definition) is 1. The highest BCUT2D eigenvalue weighted by molar-refractivity contribution is 4.87. The number of nitrogens with one attached hydrogen (secondary N) is 1. The number of rotatable bonds is 7. The van der Waals surface area contributed by atoms with E-state index in [1.165, 1.54) is 57.8 Å². The van der Waals surface area contributed by atoms with Crippen molar-refractivity contribution >= 4 is 0 Å². The zero-order valence-corrected chi connectivity index (χ0v) is 11.9. The van der Waals surface area contributed by atoms with Crippen LogP contribution in [0.5, 0.6) is 0 Å². The van der Waals surface area contributed by atoms with Crippen molar-refractivity contribution in [1.82, 2.24) is 5.32 Å². The highest BCUT2D eigenvalue weighted by Gasteiger charge is 2.31. The second-order valence-corrected chi connectivity index (χ2v) is 6.37. The molecular formula is C16H31N. The van der Waals surface area contributed by atoms with Crippen LogP contribution in [0.25, 0.3) is 0 Å². The van der Waals surface area contributed by atoms with Crippen LogP contribution in [0.2, 0.25) is 0 Å². The summed E-state index contributed by atoms with van der Waals surface area (Å²) >= 11 is 0. The van der Waals surface area contributed by atoms with Crippen LogP contribution in [0.1, 0.15) is 71.6 Å². The fourth-order valence-corrected chi connectivity index (χ4v) is 3.61. The third-order valence-corrected chi connectivity index (χ3v) is 5.09. The van der Waals surface area contributed by atoms with Crippen molar-refractivity contribution in [2.24, 2.45) is 17.8 Å². The highest BCUT2D eigenvalue weighted by atomic mass is 14.9. The van der Waals surface area contributed by atoms with Gasteiger partial charge in [-0.2, -0.15) is 0 Å². The molecule has 0 aromatic carbocycles. The maximum atomic E-state index is 3.70. The van der Waals surface area contributed by atoms with Crippen molar-refractivity contribution in [3.8, 4) is 0 Å². The van der Waals surface area contributed by atoms with Gasteiger partial charge in [0, 0.05) is 6.04 Å². The lowest BCUT2D eigenvalue weighted by molar-refractivity contribution is 0.245. The first-order valence-corrected chi connectivity index (χ1v) is 8.06. The molecule has 2 fully saturated rings. The zero-order valence-electron chi connectivity index (χ0n) is 11.9. The van der Waals surface area contributed by atoms with Crippen molar-refractivity contribution in [2.75, 3.05) is 6.54 Å². The van der Waals surface area contributed by atoms with Crippen LogP contribution in [-0.4, -0.2) is 12.6 Å². The summed E-state index contributed by atoms with van der Waals surface area (Å²) in [6, 6.07) is 0.851. The number of hydrogen-bond donors (Lipinski definition) is 1. The lowest BCUT2D eigenvalue weighted by atomic mass is 9.78. The first-order chi connectivity index (χ1) is 8.33. The molecule has 1 heteroatoms. The molecule has 0 amide bonds. The van der Waals surface area contributed by atoms with E-state index in [1.54, 1.807) is 0 Å². The van der Waals surface area contributed by atoms with Crippen molar-refractivity contribution in [3.05, 3.63) is 0 Å². The Morgan fingerprint density at radius 2 is 1.59 bits per heavy atom. The molecule has 2 aliphatic rings. The minimum Gasteiger partial charge on any atom is -0.314 e. The van der Waals surface area contributed by atoms with E-state index >= 15 is 0 Å². The Balaban J connectivity index is 1.63. The summed E-state index contributed by atoms with van der Waals surface area (Å²) < 4.78 is 0. The molecule has 17 heavy (non-hydrogen) atoms. The summed E-state index contributed by atoms with van der Waals surface area (Å²) in [5.74, 6) is 3.14. The van der Waals surface area contributed by atoms with Gasteiger partial charge >= 0.3 is 0 Å². The molecule has 0 aliphatic heterocycles. The third kappa shape index (κ3) is 4.28. The van der Waals surface area contributed by atoms with E-state index in [2.05, 4.69) is 19.2 Å². The second kappa shape index (κ2) is 6.78. The van der Waals surface area contributed by atoms with Gasteiger partial charge in [0.1, 0.15) is 0 Å². The van der Waals surface area contributed by atoms with Crippen LogP contribution in [0.3, 0.4) is 0 Å². The Labute approximate surface area is 108 Å². The summed E-state index contributed by atoms with van der Waals surface area (Å²) in [6.07, 6.45) is 13.4. The monoisotopic (exact) mass is 237 g/mol. The van der Waals surface area contributed by atoms with Crippen LogP contribution in [0, 0.1) is 17.8 Å². The van der Waals surface area contributed by atoms with Gasteiger partial charge in [0.15, 0.2) is 0 Å². The van der Waals surface area contributed by atoms with E-state index in [1.807, 2.05) is 0 Å². The summed E-state index contributed by atoms with van der Waals surface area (Å²) in [5, 5.41) is 3.70. The molecule has 0 aromatic heterocycles. The largest absolute Gasteiger partial charge is 0.314 e. The fraction of sp³-hybridized carbons (Fsp3) is 1.00. The minimum absolute atomic E-state index is 0.851. The fourth-order valence-electron chi connectivity index (χ4n) is 3.61. The quantitative estimate of drug-likeness (QED) is 0.693. The molecule has 0 heterocycles. The molecule has 100 valence electrons. The van der Waals surface area contributed by atoms with E-state index in [9.17, 15) is 0 Å². The van der Waals surface area contributed by atoms with E-state index in [4.69, 9.17) is 0 Å². The molecular weight excluding hydrogens is 206 g/mol. The lowest BCUT2D eigenvalue weighted by Crippen LogP contribution is -2.31. The first-order valence-electron chi connectivity index (χ1n) is 8.06. The van der Waals surface area contributed by atoms with Crippen LogP contribution in [0.15, 0.2) is 0 Å². The SMILES string of the molecule is CCNC(CCC1CCC(CC)CC1)C1CC1. The van der Waals surface area contributed by atoms with Crippen molar-refractivity contribution < 1.29 is 0 Å². The highest BCUT2D eigenvalue weighted by Crippen LogP contribution is 2.37. The maximum Gasteiger partial charge on any atom is 0.00953 e. The molecule has 0 saturated heterocycles. The Morgan fingerprint density at radius 1 is 0.941 bits per heavy atom. The Bertz CT molecular complexity index is 202. The van der Waals surface area contributed by atoms with Gasteiger partial charge in [0.05, 0.1) is 0 Å². The van der Waals surface area contributed by atoms with Crippen LogP contribution >= 0.6 is 0 Å². The predicted molar refractivity (Wildman–Crippen MR) is 75.2 cm³/mol. The third-order valence-electron chi connectivity index (χ3n) is 5.09. The first kappa shape index (κ1) is 13.4. The zero-order chi connectivity index (χ0) is 12.1. The smallest absolute Gasteiger partial charge is 0.00953 e. The minimum atomic E-state index is 0.851. The van der Waals surface area contributed by atoms with E-state index in [0.717, 1.165) is 30.3 Å². The standard InChI is InChI=1S/C16H31N/c1-3-13-5-7-14(8-6-13)9-12-16(17-4-2)15-10-11-15/h13-17H,3-12H2,1-2H3. The molecule has 1 nitrogen and oxygen atoms in total. The Morgan fingerprint density at radius 3 is 2.12 bits per heavy atom. The van der Waals surface area contributed by atoms with Gasteiger partial charge in [0.25, 0.3) is 0 Å². The molecule has 0 radical (unpaired) electrons. The average Bonchev–Trinajstić information content (AvgIpc) is 3.19. The van der Waals surface area contributed by atoms with Crippen molar-refractivity contribution in [3.63, 3.8) is 0 Å². The maximum absolute atomic E-state index is 3.70. The molecule has 0 bridgehead atoms. The van der Waals surface area contributed by atoms with Gasteiger partial charge < -0.3 is 5.32 Å². The molecule has 1 atom stereocenters. The van der Waals surface area contributed by atoms with E-state index in [-0.39, 0.29) is 0 Å². The van der Waals surface area contributed by atoms with Gasteiger partial charge in [0.2, 0.25) is 0 Å². The van der Waals surface area contributed by atoms with Crippen molar-refractivity contribution in [2.45, 2.75) is 77.7 Å². The average molecular weight is 237 g/mol. The van der Waals surface area contributed by atoms with Gasteiger partial charge in [-0.3, -0.25) is 0 Å². The molecule has 2 aliphatic carbocycles. The lowest BCUT2D eigenvalue weighted by Gasteiger charge is -2.29. The molecule has 1 unspecified atom stereocenters. The van der Waals surface area contributed by atoms with Crippen LogP contribution in [0.4, 0.5) is 0 Å². The molecule has 1 N–H and O–H groups in total. The van der Waals surface area contributed by atoms with Gasteiger partial charge in [-0.1, -0.05) is 46.0 Å². The van der Waals surface area contributed by atoms with Gasteiger partial charge in [-0.05, 0) is 50.0 Å². The predicted octanol–water partition coefficient (Wildman–Crippen LogP) is 4.37. The molecule has 2 saturated carbocycles. The van der Waals surface area contributed by atoms with Crippen molar-refractivity contribution in [1.29, 1.82) is 0 Å². The second-order valence-electron chi connectivity index (χ2n) is 6.37. The summed E-state index contributed by atoms with van der Waals surface area (Å²) in [5.41, 5.74) is 0. The Hall–Kier alpha value is -0.0400.